The summed E-state index contributed by atoms with van der Waals surface area (Å²) in [5.41, 5.74) is 2.65. The van der Waals surface area contributed by atoms with Crippen LogP contribution in [-0.4, -0.2) is 34.1 Å². The van der Waals surface area contributed by atoms with Gasteiger partial charge in [-0.3, -0.25) is 9.36 Å². The van der Waals surface area contributed by atoms with Gasteiger partial charge in [0.05, 0.1) is 20.9 Å². The minimum atomic E-state index is 0.0456. The Hall–Kier alpha value is -1.88. The predicted molar refractivity (Wildman–Crippen MR) is 130 cm³/mol. The van der Waals surface area contributed by atoms with Gasteiger partial charge in [0.1, 0.15) is 5.82 Å². The molecule has 164 valence electrons. The highest BCUT2D eigenvalue weighted by Crippen LogP contribution is 2.30. The maximum absolute atomic E-state index is 13.6. The van der Waals surface area contributed by atoms with Crippen LogP contribution in [-0.2, 0) is 6.54 Å². The summed E-state index contributed by atoms with van der Waals surface area (Å²) in [6.07, 6.45) is 2.34. The summed E-state index contributed by atoms with van der Waals surface area (Å²) in [7, 11) is 0. The maximum Gasteiger partial charge on any atom is 0.261 e. The summed E-state index contributed by atoms with van der Waals surface area (Å²) in [5.74, 6) is 1.52. The number of fused-ring (bicyclic) bond motifs is 1. The Labute approximate surface area is 193 Å². The molecule has 0 bridgehead atoms. The predicted octanol–water partition coefficient (Wildman–Crippen LogP) is 6.23. The lowest BCUT2D eigenvalue weighted by atomic mass is 9.97. The van der Waals surface area contributed by atoms with E-state index in [1.165, 1.54) is 6.42 Å². The van der Waals surface area contributed by atoms with Gasteiger partial charge in [0.2, 0.25) is 0 Å². The molecule has 2 heterocycles. The molecular weight excluding hydrogens is 429 g/mol. The number of aromatic nitrogens is 2. The van der Waals surface area contributed by atoms with Crippen molar-refractivity contribution in [2.24, 2.45) is 5.92 Å². The Kier molecular flexibility index (Phi) is 6.71. The fourth-order valence-electron chi connectivity index (χ4n) is 4.56. The van der Waals surface area contributed by atoms with E-state index in [0.717, 1.165) is 55.1 Å². The summed E-state index contributed by atoms with van der Waals surface area (Å²) in [4.78, 5) is 21.0. The van der Waals surface area contributed by atoms with E-state index in [0.29, 0.717) is 21.3 Å². The van der Waals surface area contributed by atoms with Crippen LogP contribution in [0.15, 0.2) is 41.2 Å². The number of likely N-dealkylation sites (tertiary alicyclic amines) is 1. The van der Waals surface area contributed by atoms with Gasteiger partial charge in [0.25, 0.3) is 5.56 Å². The average Bonchev–Trinajstić information content (AvgIpc) is 2.77. The SMILES string of the molecule is CCN1CCC[C@H](Cn2c(C(C)C)nc3ccc(-c4ccc(Cl)c(Cl)c4)cc3c2=O)C1. The van der Waals surface area contributed by atoms with Crippen molar-refractivity contribution in [2.75, 3.05) is 19.6 Å². The standard InChI is InChI=1S/C25H29Cl2N3O/c1-4-29-11-5-6-17(14-29)15-30-24(16(2)3)28-23-10-8-18(12-20(23)25(30)31)19-7-9-21(26)22(27)13-19/h7-10,12-13,16-17H,4-6,11,14-15H2,1-3H3/t17-/m0/s1. The van der Waals surface area contributed by atoms with E-state index in [-0.39, 0.29) is 11.5 Å². The molecule has 4 rings (SSSR count). The van der Waals surface area contributed by atoms with Crippen LogP contribution in [0.5, 0.6) is 0 Å². The molecule has 1 saturated heterocycles. The molecule has 0 radical (unpaired) electrons. The lowest BCUT2D eigenvalue weighted by Gasteiger charge is -2.32. The van der Waals surface area contributed by atoms with E-state index in [1.807, 2.05) is 34.9 Å². The lowest BCUT2D eigenvalue weighted by molar-refractivity contribution is 0.168. The van der Waals surface area contributed by atoms with Gasteiger partial charge in [-0.05, 0) is 67.2 Å². The van der Waals surface area contributed by atoms with Crippen LogP contribution >= 0.6 is 23.2 Å². The van der Waals surface area contributed by atoms with Crippen molar-refractivity contribution >= 4 is 34.1 Å². The van der Waals surface area contributed by atoms with E-state index >= 15 is 0 Å². The maximum atomic E-state index is 13.6. The van der Waals surface area contributed by atoms with E-state index in [4.69, 9.17) is 28.2 Å². The summed E-state index contributed by atoms with van der Waals surface area (Å²) in [6, 6.07) is 11.4. The quantitative estimate of drug-likeness (QED) is 0.455. The normalized spacial score (nSPS) is 17.5. The number of halogens is 2. The van der Waals surface area contributed by atoms with Crippen LogP contribution in [0.4, 0.5) is 0 Å². The highest BCUT2D eigenvalue weighted by molar-refractivity contribution is 6.42. The van der Waals surface area contributed by atoms with Crippen LogP contribution in [0.25, 0.3) is 22.0 Å². The minimum absolute atomic E-state index is 0.0456. The Morgan fingerprint density at radius 3 is 2.55 bits per heavy atom. The number of hydrogen-bond donors (Lipinski definition) is 0. The van der Waals surface area contributed by atoms with Gasteiger partial charge in [0.15, 0.2) is 0 Å². The number of hydrogen-bond acceptors (Lipinski definition) is 3. The number of benzene rings is 2. The summed E-state index contributed by atoms with van der Waals surface area (Å²) in [6.45, 7) is 10.4. The van der Waals surface area contributed by atoms with E-state index in [1.54, 1.807) is 6.07 Å². The molecule has 1 aliphatic heterocycles. The van der Waals surface area contributed by atoms with Crippen molar-refractivity contribution in [3.8, 4) is 11.1 Å². The van der Waals surface area contributed by atoms with Crippen LogP contribution in [0.3, 0.4) is 0 Å². The van der Waals surface area contributed by atoms with E-state index in [2.05, 4.69) is 25.7 Å². The average molecular weight is 458 g/mol. The second kappa shape index (κ2) is 9.32. The Balaban J connectivity index is 1.78. The minimum Gasteiger partial charge on any atom is -0.303 e. The fraction of sp³-hybridized carbons (Fsp3) is 0.440. The topological polar surface area (TPSA) is 38.1 Å². The monoisotopic (exact) mass is 457 g/mol. The largest absolute Gasteiger partial charge is 0.303 e. The zero-order chi connectivity index (χ0) is 22.1. The fourth-order valence-corrected chi connectivity index (χ4v) is 4.85. The molecule has 1 atom stereocenters. The molecule has 3 aromatic rings. The third-order valence-electron chi connectivity index (χ3n) is 6.24. The van der Waals surface area contributed by atoms with Crippen LogP contribution in [0.2, 0.25) is 10.0 Å². The number of nitrogens with zero attached hydrogens (tertiary/aromatic N) is 3. The zero-order valence-electron chi connectivity index (χ0n) is 18.4. The van der Waals surface area contributed by atoms with Crippen molar-refractivity contribution in [3.05, 3.63) is 62.6 Å². The lowest BCUT2D eigenvalue weighted by Crippen LogP contribution is -2.39. The second-order valence-corrected chi connectivity index (χ2v) is 9.62. The number of piperidine rings is 1. The second-order valence-electron chi connectivity index (χ2n) is 8.80. The highest BCUT2D eigenvalue weighted by atomic mass is 35.5. The molecule has 0 amide bonds. The van der Waals surface area contributed by atoms with Gasteiger partial charge in [0, 0.05) is 19.0 Å². The zero-order valence-corrected chi connectivity index (χ0v) is 19.9. The molecule has 1 aromatic heterocycles. The van der Waals surface area contributed by atoms with Crippen LogP contribution in [0, 0.1) is 5.92 Å². The van der Waals surface area contributed by atoms with Crippen molar-refractivity contribution in [2.45, 2.75) is 46.1 Å². The van der Waals surface area contributed by atoms with Crippen molar-refractivity contribution in [1.29, 1.82) is 0 Å². The molecule has 1 fully saturated rings. The molecule has 0 N–H and O–H groups in total. The smallest absolute Gasteiger partial charge is 0.261 e. The van der Waals surface area contributed by atoms with Gasteiger partial charge in [-0.25, -0.2) is 4.98 Å². The summed E-state index contributed by atoms with van der Waals surface area (Å²) < 4.78 is 1.93. The Bertz CT molecular complexity index is 1160. The first-order valence-corrected chi connectivity index (χ1v) is 11.8. The molecular formula is C25H29Cl2N3O. The van der Waals surface area contributed by atoms with E-state index in [9.17, 15) is 4.79 Å². The molecule has 2 aromatic carbocycles. The van der Waals surface area contributed by atoms with E-state index < -0.39 is 0 Å². The first-order valence-electron chi connectivity index (χ1n) is 11.1. The summed E-state index contributed by atoms with van der Waals surface area (Å²) in [5, 5.41) is 1.67. The molecule has 0 unspecified atom stereocenters. The molecule has 6 heteroatoms. The molecule has 1 aliphatic rings. The molecule has 0 spiro atoms. The van der Waals surface area contributed by atoms with Crippen LogP contribution < -0.4 is 5.56 Å². The van der Waals surface area contributed by atoms with Gasteiger partial charge >= 0.3 is 0 Å². The van der Waals surface area contributed by atoms with Crippen molar-refractivity contribution < 1.29 is 0 Å². The Morgan fingerprint density at radius 2 is 1.84 bits per heavy atom. The van der Waals surface area contributed by atoms with Crippen LogP contribution in [0.1, 0.15) is 45.4 Å². The molecule has 0 aliphatic carbocycles. The number of rotatable bonds is 5. The first-order chi connectivity index (χ1) is 14.9. The van der Waals surface area contributed by atoms with Crippen molar-refractivity contribution in [3.63, 3.8) is 0 Å². The Morgan fingerprint density at radius 1 is 1.10 bits per heavy atom. The van der Waals surface area contributed by atoms with Gasteiger partial charge in [-0.15, -0.1) is 0 Å². The third kappa shape index (κ3) is 4.67. The molecule has 0 saturated carbocycles. The van der Waals surface area contributed by atoms with Gasteiger partial charge < -0.3 is 4.90 Å². The molecule has 31 heavy (non-hydrogen) atoms. The van der Waals surface area contributed by atoms with Gasteiger partial charge in [-0.2, -0.15) is 0 Å². The first kappa shape index (κ1) is 22.3. The summed E-state index contributed by atoms with van der Waals surface area (Å²) >= 11 is 12.3. The van der Waals surface area contributed by atoms with Gasteiger partial charge in [-0.1, -0.05) is 56.1 Å². The van der Waals surface area contributed by atoms with Crippen molar-refractivity contribution in [1.82, 2.24) is 14.5 Å². The molecule has 4 nitrogen and oxygen atoms in total. The third-order valence-corrected chi connectivity index (χ3v) is 6.98. The highest BCUT2D eigenvalue weighted by Gasteiger charge is 2.22.